The molecule has 0 unspecified atom stereocenters. The highest BCUT2D eigenvalue weighted by molar-refractivity contribution is 9.10. The number of hydrogen-bond donors (Lipinski definition) is 0. The van der Waals surface area contributed by atoms with Crippen molar-refractivity contribution < 1.29 is 14.3 Å². The topological polar surface area (TPSA) is 35.5 Å². The Balaban J connectivity index is 3.07. The third kappa shape index (κ3) is 5.39. The van der Waals surface area contributed by atoms with E-state index in [0.29, 0.717) is 5.75 Å². The maximum atomic E-state index is 11.4. The Kier molecular flexibility index (Phi) is 5.84. The van der Waals surface area contributed by atoms with E-state index in [2.05, 4.69) is 51.8 Å². The number of ether oxygens (including phenoxy) is 2. The summed E-state index contributed by atoms with van der Waals surface area (Å²) >= 11 is 3.42. The molecule has 0 N–H and O–H groups in total. The largest absolute Gasteiger partial charge is 0.478 e. The summed E-state index contributed by atoms with van der Waals surface area (Å²) in [6.45, 7) is 8.18. The Morgan fingerprint density at radius 1 is 1.35 bits per heavy atom. The molecule has 0 aliphatic carbocycles. The molecule has 20 heavy (non-hydrogen) atoms. The third-order valence-corrected chi connectivity index (χ3v) is 3.72. The summed E-state index contributed by atoms with van der Waals surface area (Å²) in [6, 6.07) is 5.56. The summed E-state index contributed by atoms with van der Waals surface area (Å²) in [5.74, 6) is 3.35. The molecule has 1 aromatic rings. The van der Waals surface area contributed by atoms with Gasteiger partial charge in [0.1, 0.15) is 13.8 Å². The zero-order valence-corrected chi connectivity index (χ0v) is 15.0. The van der Waals surface area contributed by atoms with E-state index in [0.717, 1.165) is 10.0 Å². The molecule has 5 heteroatoms. The van der Waals surface area contributed by atoms with Gasteiger partial charge in [-0.1, -0.05) is 41.5 Å². The molecule has 0 amide bonds. The van der Waals surface area contributed by atoms with Gasteiger partial charge in [-0.05, 0) is 25.1 Å². The van der Waals surface area contributed by atoms with Gasteiger partial charge in [-0.25, -0.2) is 4.79 Å². The first kappa shape index (κ1) is 16.8. The van der Waals surface area contributed by atoms with Gasteiger partial charge >= 0.3 is 5.97 Å². The average molecular weight is 355 g/mol. The lowest BCUT2D eigenvalue weighted by Gasteiger charge is -2.14. The summed E-state index contributed by atoms with van der Waals surface area (Å²) in [4.78, 5) is 11.4. The minimum absolute atomic E-state index is 0.406. The number of methoxy groups -OCH3 is 1. The number of hydrogen-bond acceptors (Lipinski definition) is 3. The molecule has 0 spiro atoms. The van der Waals surface area contributed by atoms with Gasteiger partial charge in [0, 0.05) is 4.47 Å². The van der Waals surface area contributed by atoms with Crippen molar-refractivity contribution in [3.05, 3.63) is 28.2 Å². The van der Waals surface area contributed by atoms with E-state index in [9.17, 15) is 4.79 Å². The second-order valence-electron chi connectivity index (χ2n) is 5.42. The molecule has 0 bridgehead atoms. The second kappa shape index (κ2) is 6.96. The monoisotopic (exact) mass is 354 g/mol. The number of esters is 1. The van der Waals surface area contributed by atoms with E-state index in [-0.39, 0.29) is 0 Å². The SMILES string of the molecule is COC(=O)[C@H](C)Oc1ccc(Br)cc1C#C[Si](C)(C)C. The fourth-order valence-corrected chi connectivity index (χ4v) is 2.23. The quantitative estimate of drug-likeness (QED) is 0.472. The molecule has 0 aliphatic rings. The standard InChI is InChI=1S/C15H19BrO3Si/c1-11(15(17)18-2)19-14-7-6-13(16)10-12(14)8-9-20(3,4)5/h6-7,10-11H,1-5H3/t11-/m0/s1. The molecule has 0 heterocycles. The first-order valence-electron chi connectivity index (χ1n) is 6.30. The van der Waals surface area contributed by atoms with Crippen molar-refractivity contribution in [1.29, 1.82) is 0 Å². The van der Waals surface area contributed by atoms with Crippen LogP contribution in [0.3, 0.4) is 0 Å². The lowest BCUT2D eigenvalue weighted by molar-refractivity contribution is -0.147. The lowest BCUT2D eigenvalue weighted by Crippen LogP contribution is -2.25. The van der Waals surface area contributed by atoms with Gasteiger partial charge in [0.25, 0.3) is 0 Å². The fraction of sp³-hybridized carbons (Fsp3) is 0.400. The molecule has 0 radical (unpaired) electrons. The maximum absolute atomic E-state index is 11.4. The Morgan fingerprint density at radius 2 is 2.00 bits per heavy atom. The van der Waals surface area contributed by atoms with E-state index < -0.39 is 20.1 Å². The van der Waals surface area contributed by atoms with E-state index in [1.54, 1.807) is 13.0 Å². The first-order chi connectivity index (χ1) is 9.23. The van der Waals surface area contributed by atoms with Gasteiger partial charge in [0.2, 0.25) is 0 Å². The maximum Gasteiger partial charge on any atom is 0.346 e. The van der Waals surface area contributed by atoms with Crippen molar-refractivity contribution in [2.24, 2.45) is 0 Å². The van der Waals surface area contributed by atoms with Gasteiger partial charge in [-0.3, -0.25) is 0 Å². The second-order valence-corrected chi connectivity index (χ2v) is 11.1. The molecule has 0 aromatic heterocycles. The van der Waals surface area contributed by atoms with Crippen LogP contribution in [-0.4, -0.2) is 27.3 Å². The minimum atomic E-state index is -1.47. The summed E-state index contributed by atoms with van der Waals surface area (Å²) in [7, 11) is -0.130. The molecule has 1 atom stereocenters. The highest BCUT2D eigenvalue weighted by Gasteiger charge is 2.16. The molecule has 108 valence electrons. The highest BCUT2D eigenvalue weighted by atomic mass is 79.9. The van der Waals surface area contributed by atoms with E-state index >= 15 is 0 Å². The molecular weight excluding hydrogens is 336 g/mol. The van der Waals surface area contributed by atoms with Gasteiger partial charge in [-0.15, -0.1) is 5.54 Å². The number of carbonyl (C=O) groups is 1. The van der Waals surface area contributed by atoms with Crippen molar-refractivity contribution in [2.75, 3.05) is 7.11 Å². The van der Waals surface area contributed by atoms with Crippen molar-refractivity contribution >= 4 is 30.0 Å². The predicted octanol–water partition coefficient (Wildman–Crippen LogP) is 3.62. The van der Waals surface area contributed by atoms with Crippen LogP contribution in [0.1, 0.15) is 12.5 Å². The number of carbonyl (C=O) groups excluding carboxylic acids is 1. The van der Waals surface area contributed by atoms with Crippen molar-refractivity contribution in [3.63, 3.8) is 0 Å². The van der Waals surface area contributed by atoms with Gasteiger partial charge in [-0.2, -0.15) is 0 Å². The molecule has 3 nitrogen and oxygen atoms in total. The van der Waals surface area contributed by atoms with Crippen LogP contribution < -0.4 is 4.74 Å². The smallest absolute Gasteiger partial charge is 0.346 e. The molecule has 0 saturated carbocycles. The van der Waals surface area contributed by atoms with E-state index in [4.69, 9.17) is 4.74 Å². The molecule has 0 fully saturated rings. The van der Waals surface area contributed by atoms with Crippen LogP contribution in [0.15, 0.2) is 22.7 Å². The van der Waals surface area contributed by atoms with Crippen LogP contribution in [0, 0.1) is 11.5 Å². The average Bonchev–Trinajstić information content (AvgIpc) is 2.36. The Hall–Kier alpha value is -1.25. The highest BCUT2D eigenvalue weighted by Crippen LogP contribution is 2.24. The molecule has 1 aromatic carbocycles. The van der Waals surface area contributed by atoms with Crippen LogP contribution in [0.5, 0.6) is 5.75 Å². The summed E-state index contributed by atoms with van der Waals surface area (Å²) < 4.78 is 11.2. The van der Waals surface area contributed by atoms with Crippen LogP contribution in [-0.2, 0) is 9.53 Å². The summed E-state index contributed by atoms with van der Waals surface area (Å²) in [5.41, 5.74) is 4.07. The Morgan fingerprint density at radius 3 is 2.55 bits per heavy atom. The van der Waals surface area contributed by atoms with E-state index in [1.165, 1.54) is 7.11 Å². The first-order valence-corrected chi connectivity index (χ1v) is 10.6. The summed E-state index contributed by atoms with van der Waals surface area (Å²) in [5, 5.41) is 0. The minimum Gasteiger partial charge on any atom is -0.478 e. The number of rotatable bonds is 3. The van der Waals surface area contributed by atoms with Gasteiger partial charge in [0.15, 0.2) is 6.10 Å². The predicted molar refractivity (Wildman–Crippen MR) is 86.5 cm³/mol. The fourth-order valence-electron chi connectivity index (χ4n) is 1.36. The van der Waals surface area contributed by atoms with E-state index in [1.807, 2.05) is 12.1 Å². The Bertz CT molecular complexity index is 552. The molecule has 0 aliphatic heterocycles. The molecular formula is C15H19BrO3Si. The molecule has 0 saturated heterocycles. The van der Waals surface area contributed by atoms with Gasteiger partial charge in [0.05, 0.1) is 12.7 Å². The normalized spacial score (nSPS) is 12.1. The van der Waals surface area contributed by atoms with Gasteiger partial charge < -0.3 is 9.47 Å². The zero-order valence-electron chi connectivity index (χ0n) is 12.4. The molecule has 1 rings (SSSR count). The van der Waals surface area contributed by atoms with Crippen LogP contribution in [0.25, 0.3) is 0 Å². The summed E-state index contributed by atoms with van der Waals surface area (Å²) in [6.07, 6.45) is -0.659. The van der Waals surface area contributed by atoms with Crippen molar-refractivity contribution in [3.8, 4) is 17.2 Å². The lowest BCUT2D eigenvalue weighted by atomic mass is 10.2. The van der Waals surface area contributed by atoms with Crippen LogP contribution in [0.4, 0.5) is 0 Å². The zero-order chi connectivity index (χ0) is 15.3. The van der Waals surface area contributed by atoms with Crippen molar-refractivity contribution in [2.45, 2.75) is 32.7 Å². The van der Waals surface area contributed by atoms with Crippen LogP contribution >= 0.6 is 15.9 Å². The number of halogens is 1. The van der Waals surface area contributed by atoms with Crippen molar-refractivity contribution in [1.82, 2.24) is 0 Å². The number of benzene rings is 1. The third-order valence-electron chi connectivity index (χ3n) is 2.35. The Labute approximate surface area is 129 Å². The van der Waals surface area contributed by atoms with Crippen LogP contribution in [0.2, 0.25) is 19.6 Å².